The molecule has 7 nitrogen and oxygen atoms in total. The molecule has 0 radical (unpaired) electrons. The van der Waals surface area contributed by atoms with Crippen molar-refractivity contribution in [1.82, 2.24) is 10.2 Å². The van der Waals surface area contributed by atoms with E-state index in [-0.39, 0.29) is 23.6 Å². The van der Waals surface area contributed by atoms with Crippen LogP contribution in [-0.2, 0) is 14.4 Å². The van der Waals surface area contributed by atoms with Crippen molar-refractivity contribution in [2.24, 2.45) is 5.92 Å². The van der Waals surface area contributed by atoms with Gasteiger partial charge in [-0.05, 0) is 81.1 Å². The maximum Gasteiger partial charge on any atom is 0.229 e. The summed E-state index contributed by atoms with van der Waals surface area (Å²) in [7, 11) is 0. The monoisotopic (exact) mass is 640 g/mol. The van der Waals surface area contributed by atoms with Crippen LogP contribution in [0.1, 0.15) is 57.6 Å². The molecule has 0 saturated carbocycles. The molecule has 3 N–H and O–H groups in total. The normalized spacial score (nSPS) is 15.9. The number of anilines is 2. The third-order valence-corrected chi connectivity index (χ3v) is 7.54. The molecule has 0 aromatic heterocycles. The number of carbonyl (C=O) groups is 3. The molecule has 3 aromatic carbocycles. The third-order valence-electron chi connectivity index (χ3n) is 7.07. The fourth-order valence-electron chi connectivity index (χ4n) is 4.60. The number of likely N-dealkylation sites (tertiary alicyclic amines) is 1. The Morgan fingerprint density at radius 3 is 1.93 bits per heavy atom. The summed E-state index contributed by atoms with van der Waals surface area (Å²) in [5.41, 5.74) is 4.34. The van der Waals surface area contributed by atoms with E-state index in [0.29, 0.717) is 36.1 Å². The molecular weight excluding hydrogens is 595 g/mol. The zero-order valence-corrected chi connectivity index (χ0v) is 28.0. The van der Waals surface area contributed by atoms with Crippen molar-refractivity contribution < 1.29 is 14.4 Å². The van der Waals surface area contributed by atoms with Gasteiger partial charge in [0.25, 0.3) is 0 Å². The first-order chi connectivity index (χ1) is 21.1. The van der Waals surface area contributed by atoms with E-state index in [1.54, 1.807) is 31.2 Å². The quantitative estimate of drug-likeness (QED) is 0.270. The molecule has 2 saturated heterocycles. The maximum atomic E-state index is 11.9. The lowest BCUT2D eigenvalue weighted by Crippen LogP contribution is -2.41. The lowest BCUT2D eigenvalue weighted by molar-refractivity contribution is -0.130. The highest BCUT2D eigenvalue weighted by Gasteiger charge is 2.24. The van der Waals surface area contributed by atoms with Crippen molar-refractivity contribution >= 4 is 52.3 Å². The van der Waals surface area contributed by atoms with Crippen LogP contribution in [0.15, 0.2) is 72.8 Å². The summed E-state index contributed by atoms with van der Waals surface area (Å²) >= 11 is 11.5. The van der Waals surface area contributed by atoms with E-state index in [4.69, 9.17) is 23.2 Å². The second kappa shape index (κ2) is 19.7. The summed E-state index contributed by atoms with van der Waals surface area (Å²) in [6, 6.07) is 23.7. The van der Waals surface area contributed by atoms with E-state index in [1.165, 1.54) is 16.8 Å². The van der Waals surface area contributed by atoms with Gasteiger partial charge in [0.05, 0.1) is 5.92 Å². The Labute approximate surface area is 272 Å². The van der Waals surface area contributed by atoms with E-state index < -0.39 is 0 Å². The van der Waals surface area contributed by atoms with Crippen LogP contribution >= 0.6 is 23.2 Å². The number of halogens is 2. The molecular formula is C35H46Cl2N4O3. The smallest absolute Gasteiger partial charge is 0.229 e. The average Bonchev–Trinajstić information content (AvgIpc) is 3.00. The maximum absolute atomic E-state index is 11.9. The minimum atomic E-state index is -0.160. The molecule has 5 rings (SSSR count). The molecule has 44 heavy (non-hydrogen) atoms. The van der Waals surface area contributed by atoms with Gasteiger partial charge in [-0.2, -0.15) is 0 Å². The van der Waals surface area contributed by atoms with Crippen molar-refractivity contribution in [3.63, 3.8) is 0 Å². The standard InChI is InChI=1S/C14H20N2O.C12H13ClN2O2.C7H7Cl.C2H6/c1-11-3-5-13(6-4-11)15-14-7-9-16(10-8-14)12(2)17;13-9-2-1-3-10(6-9)15-12(17)8-4-5-11(16)14-7-8;1-6-3-2-4-7(8)5-6;1-2/h3-6,14-15H,7-10H2,1-2H3;1-3,6,8H,4-5,7H2,(H,14,16)(H,15,17);2-5H,1H3;1-2H3. The fraction of sp³-hybridized carbons (Fsp3) is 0.400. The number of nitrogens with one attached hydrogen (secondary N) is 3. The minimum Gasteiger partial charge on any atom is -0.382 e. The van der Waals surface area contributed by atoms with Crippen molar-refractivity contribution in [3.05, 3.63) is 94.0 Å². The summed E-state index contributed by atoms with van der Waals surface area (Å²) in [5.74, 6) is -0.0328. The molecule has 1 unspecified atom stereocenters. The molecule has 0 bridgehead atoms. The van der Waals surface area contributed by atoms with Gasteiger partial charge in [0.1, 0.15) is 0 Å². The third kappa shape index (κ3) is 13.8. The van der Waals surface area contributed by atoms with Gasteiger partial charge >= 0.3 is 0 Å². The zero-order valence-electron chi connectivity index (χ0n) is 26.5. The summed E-state index contributed by atoms with van der Waals surface area (Å²) in [5, 5.41) is 10.4. The highest BCUT2D eigenvalue weighted by molar-refractivity contribution is 6.31. The van der Waals surface area contributed by atoms with Crippen LogP contribution in [0.2, 0.25) is 10.0 Å². The number of nitrogens with zero attached hydrogens (tertiary/aromatic N) is 1. The van der Waals surface area contributed by atoms with E-state index in [9.17, 15) is 14.4 Å². The molecule has 3 amide bonds. The highest BCUT2D eigenvalue weighted by Crippen LogP contribution is 2.19. The van der Waals surface area contributed by atoms with Gasteiger partial charge in [-0.3, -0.25) is 14.4 Å². The van der Waals surface area contributed by atoms with Gasteiger partial charge in [0.15, 0.2) is 0 Å². The predicted octanol–water partition coefficient (Wildman–Crippen LogP) is 7.90. The van der Waals surface area contributed by atoms with E-state index in [0.717, 1.165) is 31.0 Å². The number of aryl methyl sites for hydroxylation is 2. The summed E-state index contributed by atoms with van der Waals surface area (Å²) in [4.78, 5) is 36.0. The van der Waals surface area contributed by atoms with Crippen molar-refractivity contribution in [2.45, 2.75) is 66.3 Å². The largest absolute Gasteiger partial charge is 0.382 e. The molecule has 2 aliphatic heterocycles. The van der Waals surface area contributed by atoms with Gasteiger partial charge in [-0.1, -0.05) is 72.9 Å². The number of rotatable bonds is 4. The van der Waals surface area contributed by atoms with Gasteiger partial charge in [-0.15, -0.1) is 0 Å². The van der Waals surface area contributed by atoms with Crippen LogP contribution in [0.5, 0.6) is 0 Å². The predicted molar refractivity (Wildman–Crippen MR) is 183 cm³/mol. The molecule has 3 aromatic rings. The van der Waals surface area contributed by atoms with Crippen LogP contribution in [-0.4, -0.2) is 48.3 Å². The number of hydrogen-bond donors (Lipinski definition) is 3. The molecule has 2 aliphatic rings. The lowest BCUT2D eigenvalue weighted by atomic mass is 9.98. The summed E-state index contributed by atoms with van der Waals surface area (Å²) in [6.07, 6.45) is 3.08. The van der Waals surface area contributed by atoms with Gasteiger partial charge < -0.3 is 20.9 Å². The van der Waals surface area contributed by atoms with Crippen molar-refractivity contribution in [1.29, 1.82) is 0 Å². The Morgan fingerprint density at radius 1 is 0.818 bits per heavy atom. The molecule has 0 aliphatic carbocycles. The van der Waals surface area contributed by atoms with Crippen LogP contribution < -0.4 is 16.0 Å². The molecule has 9 heteroatoms. The van der Waals surface area contributed by atoms with Crippen molar-refractivity contribution in [3.8, 4) is 0 Å². The first-order valence-electron chi connectivity index (χ1n) is 15.2. The summed E-state index contributed by atoms with van der Waals surface area (Å²) < 4.78 is 0. The van der Waals surface area contributed by atoms with E-state index in [1.807, 2.05) is 49.9 Å². The Balaban J connectivity index is 0.000000237. The number of benzene rings is 3. The Hall–Kier alpha value is -3.55. The van der Waals surface area contributed by atoms with Crippen LogP contribution in [0.4, 0.5) is 11.4 Å². The molecule has 2 heterocycles. The van der Waals surface area contributed by atoms with Crippen LogP contribution in [0.25, 0.3) is 0 Å². The molecule has 0 spiro atoms. The average molecular weight is 642 g/mol. The van der Waals surface area contributed by atoms with Gasteiger partial charge in [0.2, 0.25) is 17.7 Å². The topological polar surface area (TPSA) is 90.5 Å². The Kier molecular flexibility index (Phi) is 16.4. The fourth-order valence-corrected chi connectivity index (χ4v) is 5.03. The zero-order chi connectivity index (χ0) is 32.5. The van der Waals surface area contributed by atoms with E-state index in [2.05, 4.69) is 47.1 Å². The van der Waals surface area contributed by atoms with Gasteiger partial charge in [-0.25, -0.2) is 0 Å². The SMILES string of the molecule is CC.CC(=O)N1CCC(Nc2ccc(C)cc2)CC1.Cc1cccc(Cl)c1.O=C1CCC(C(=O)Nc2cccc(Cl)c2)CN1. The Bertz CT molecular complexity index is 1300. The summed E-state index contributed by atoms with van der Waals surface area (Å²) in [6.45, 7) is 11.9. The highest BCUT2D eigenvalue weighted by atomic mass is 35.5. The Morgan fingerprint density at radius 2 is 1.43 bits per heavy atom. The molecule has 238 valence electrons. The number of amides is 3. The first-order valence-corrected chi connectivity index (χ1v) is 16.0. The second-order valence-electron chi connectivity index (χ2n) is 10.6. The van der Waals surface area contributed by atoms with Crippen LogP contribution in [0.3, 0.4) is 0 Å². The second-order valence-corrected chi connectivity index (χ2v) is 11.5. The number of piperidine rings is 2. The molecule has 2 fully saturated rings. The number of hydrogen-bond acceptors (Lipinski definition) is 4. The first kappa shape index (κ1) is 36.6. The van der Waals surface area contributed by atoms with Crippen molar-refractivity contribution in [2.75, 3.05) is 30.3 Å². The van der Waals surface area contributed by atoms with E-state index >= 15 is 0 Å². The molecule has 1 atom stereocenters. The van der Waals surface area contributed by atoms with Crippen LogP contribution in [0, 0.1) is 19.8 Å². The van der Waals surface area contributed by atoms with Gasteiger partial charge in [0, 0.05) is 60.4 Å². The number of carbonyl (C=O) groups excluding carboxylic acids is 3. The lowest BCUT2D eigenvalue weighted by Gasteiger charge is -2.32. The minimum absolute atomic E-state index is 0.0109.